The number of rotatable bonds is 4. The van der Waals surface area contributed by atoms with Crippen LogP contribution in [0.1, 0.15) is 24.2 Å². The molecule has 0 aliphatic heterocycles. The van der Waals surface area contributed by atoms with Crippen molar-refractivity contribution < 1.29 is 9.84 Å². The van der Waals surface area contributed by atoms with Gasteiger partial charge in [-0.15, -0.1) is 0 Å². The summed E-state index contributed by atoms with van der Waals surface area (Å²) in [6, 6.07) is 15.8. The fraction of sp³-hybridized carbons (Fsp3) is 0.200. The number of hydrogen-bond acceptors (Lipinski definition) is 2. The number of hydrogen-bond donors (Lipinski definition) is 1. The van der Waals surface area contributed by atoms with E-state index in [1.165, 1.54) is 3.57 Å². The first kappa shape index (κ1) is 13.4. The molecule has 0 aliphatic carbocycles. The third-order valence-corrected chi connectivity index (χ3v) is 3.38. The molecule has 1 atom stereocenters. The van der Waals surface area contributed by atoms with Crippen LogP contribution in [0.4, 0.5) is 0 Å². The molecule has 94 valence electrons. The van der Waals surface area contributed by atoms with Gasteiger partial charge in [0.1, 0.15) is 12.4 Å². The fourth-order valence-corrected chi connectivity index (χ4v) is 1.97. The summed E-state index contributed by atoms with van der Waals surface area (Å²) in [5.74, 6) is 0.784. The first-order valence-electron chi connectivity index (χ1n) is 5.80. The number of halogens is 1. The van der Waals surface area contributed by atoms with E-state index in [2.05, 4.69) is 46.9 Å². The zero-order valence-corrected chi connectivity index (χ0v) is 12.3. The van der Waals surface area contributed by atoms with Gasteiger partial charge in [0, 0.05) is 3.57 Å². The van der Waals surface area contributed by atoms with Gasteiger partial charge in [0.25, 0.3) is 0 Å². The predicted octanol–water partition coefficient (Wildman–Crippen LogP) is 3.92. The molecule has 2 rings (SSSR count). The fourth-order valence-electron chi connectivity index (χ4n) is 1.61. The van der Waals surface area contributed by atoms with Crippen molar-refractivity contribution in [3.05, 3.63) is 63.2 Å². The Balaban J connectivity index is 2.01. The molecule has 0 radical (unpaired) electrons. The van der Waals surface area contributed by atoms with Crippen molar-refractivity contribution in [2.45, 2.75) is 19.6 Å². The first-order chi connectivity index (χ1) is 8.65. The van der Waals surface area contributed by atoms with Crippen molar-refractivity contribution in [3.63, 3.8) is 0 Å². The summed E-state index contributed by atoms with van der Waals surface area (Å²) in [6.45, 7) is 2.29. The number of aliphatic hydroxyl groups excluding tert-OH is 1. The SMILES string of the molecule is C[C@@H](O)c1cccc(OCc2ccc(I)cc2)c1. The predicted molar refractivity (Wildman–Crippen MR) is 80.6 cm³/mol. The zero-order chi connectivity index (χ0) is 13.0. The lowest BCUT2D eigenvalue weighted by Gasteiger charge is -2.09. The van der Waals surface area contributed by atoms with Gasteiger partial charge in [-0.1, -0.05) is 24.3 Å². The van der Waals surface area contributed by atoms with E-state index in [4.69, 9.17) is 4.74 Å². The third kappa shape index (κ3) is 3.71. The van der Waals surface area contributed by atoms with E-state index < -0.39 is 6.10 Å². The monoisotopic (exact) mass is 354 g/mol. The largest absolute Gasteiger partial charge is 0.489 e. The molecular formula is C15H15IO2. The van der Waals surface area contributed by atoms with Gasteiger partial charge < -0.3 is 9.84 Å². The zero-order valence-electron chi connectivity index (χ0n) is 10.1. The van der Waals surface area contributed by atoms with E-state index in [1.54, 1.807) is 6.92 Å². The van der Waals surface area contributed by atoms with Crippen LogP contribution >= 0.6 is 22.6 Å². The summed E-state index contributed by atoms with van der Waals surface area (Å²) in [5, 5.41) is 9.51. The average Bonchev–Trinajstić information content (AvgIpc) is 2.38. The molecule has 0 aromatic heterocycles. The molecule has 0 saturated heterocycles. The summed E-state index contributed by atoms with van der Waals surface area (Å²) in [6.07, 6.45) is -0.466. The van der Waals surface area contributed by atoms with E-state index >= 15 is 0 Å². The molecule has 0 fully saturated rings. The van der Waals surface area contributed by atoms with Gasteiger partial charge in [-0.2, -0.15) is 0 Å². The van der Waals surface area contributed by atoms with Crippen LogP contribution in [0.25, 0.3) is 0 Å². The van der Waals surface area contributed by atoms with E-state index in [0.717, 1.165) is 16.9 Å². The second-order valence-corrected chi connectivity index (χ2v) is 5.41. The van der Waals surface area contributed by atoms with Gasteiger partial charge >= 0.3 is 0 Å². The van der Waals surface area contributed by atoms with Crippen LogP contribution < -0.4 is 4.74 Å². The van der Waals surface area contributed by atoms with Crippen molar-refractivity contribution in [1.29, 1.82) is 0 Å². The molecule has 0 amide bonds. The highest BCUT2D eigenvalue weighted by Crippen LogP contribution is 2.20. The molecule has 0 unspecified atom stereocenters. The Morgan fingerprint density at radius 2 is 1.89 bits per heavy atom. The molecule has 18 heavy (non-hydrogen) atoms. The molecule has 2 nitrogen and oxygen atoms in total. The lowest BCUT2D eigenvalue weighted by molar-refractivity contribution is 0.198. The Hall–Kier alpha value is -1.07. The summed E-state index contributed by atoms with van der Waals surface area (Å²) in [7, 11) is 0. The maximum atomic E-state index is 9.51. The summed E-state index contributed by atoms with van der Waals surface area (Å²) in [5.41, 5.74) is 2.01. The minimum atomic E-state index is -0.466. The number of benzene rings is 2. The van der Waals surface area contributed by atoms with E-state index in [1.807, 2.05) is 24.3 Å². The highest BCUT2D eigenvalue weighted by Gasteiger charge is 2.02. The van der Waals surface area contributed by atoms with E-state index in [0.29, 0.717) is 6.61 Å². The Morgan fingerprint density at radius 1 is 1.17 bits per heavy atom. The molecule has 0 bridgehead atoms. The third-order valence-electron chi connectivity index (χ3n) is 2.66. The summed E-state index contributed by atoms with van der Waals surface area (Å²) in [4.78, 5) is 0. The first-order valence-corrected chi connectivity index (χ1v) is 6.88. The van der Waals surface area contributed by atoms with Gasteiger partial charge in [0.05, 0.1) is 6.10 Å². The van der Waals surface area contributed by atoms with Gasteiger partial charge in [-0.05, 0) is 64.9 Å². The van der Waals surface area contributed by atoms with Gasteiger partial charge in [-0.3, -0.25) is 0 Å². The summed E-state index contributed by atoms with van der Waals surface area (Å²) < 4.78 is 6.92. The van der Waals surface area contributed by atoms with Crippen LogP contribution in [0, 0.1) is 3.57 Å². The minimum absolute atomic E-state index is 0.466. The van der Waals surface area contributed by atoms with Crippen molar-refractivity contribution in [1.82, 2.24) is 0 Å². The summed E-state index contributed by atoms with van der Waals surface area (Å²) >= 11 is 2.28. The average molecular weight is 354 g/mol. The topological polar surface area (TPSA) is 29.5 Å². The molecule has 0 heterocycles. The smallest absolute Gasteiger partial charge is 0.120 e. The lowest BCUT2D eigenvalue weighted by Crippen LogP contribution is -1.97. The molecular weight excluding hydrogens is 339 g/mol. The molecule has 0 aliphatic rings. The maximum Gasteiger partial charge on any atom is 0.120 e. The van der Waals surface area contributed by atoms with Crippen LogP contribution in [-0.2, 0) is 6.61 Å². The highest BCUT2D eigenvalue weighted by atomic mass is 127. The molecule has 2 aromatic carbocycles. The Bertz CT molecular complexity index is 506. The standard InChI is InChI=1S/C15H15IO2/c1-11(17)13-3-2-4-15(9-13)18-10-12-5-7-14(16)8-6-12/h2-9,11,17H,10H2,1H3/t11-/m1/s1. The van der Waals surface area contributed by atoms with E-state index in [-0.39, 0.29) is 0 Å². The Kier molecular flexibility index (Phi) is 4.60. The van der Waals surface area contributed by atoms with E-state index in [9.17, 15) is 5.11 Å². The molecule has 3 heteroatoms. The molecule has 2 aromatic rings. The molecule has 1 N–H and O–H groups in total. The molecule has 0 spiro atoms. The quantitative estimate of drug-likeness (QED) is 0.844. The normalized spacial score (nSPS) is 12.2. The van der Waals surface area contributed by atoms with Crippen LogP contribution in [0.5, 0.6) is 5.75 Å². The van der Waals surface area contributed by atoms with Crippen molar-refractivity contribution in [2.24, 2.45) is 0 Å². The van der Waals surface area contributed by atoms with Crippen LogP contribution in [0.15, 0.2) is 48.5 Å². The number of aliphatic hydroxyl groups is 1. The van der Waals surface area contributed by atoms with Crippen LogP contribution in [0.2, 0.25) is 0 Å². The van der Waals surface area contributed by atoms with Crippen molar-refractivity contribution in [3.8, 4) is 5.75 Å². The number of ether oxygens (including phenoxy) is 1. The van der Waals surface area contributed by atoms with Crippen LogP contribution in [0.3, 0.4) is 0 Å². The maximum absolute atomic E-state index is 9.51. The minimum Gasteiger partial charge on any atom is -0.489 e. The second kappa shape index (κ2) is 6.20. The van der Waals surface area contributed by atoms with Crippen LogP contribution in [-0.4, -0.2) is 5.11 Å². The second-order valence-electron chi connectivity index (χ2n) is 4.16. The van der Waals surface area contributed by atoms with Crippen molar-refractivity contribution >= 4 is 22.6 Å². The van der Waals surface area contributed by atoms with Gasteiger partial charge in [-0.25, -0.2) is 0 Å². The Labute approximate surface area is 121 Å². The molecule has 0 saturated carbocycles. The van der Waals surface area contributed by atoms with Gasteiger partial charge in [0.2, 0.25) is 0 Å². The lowest BCUT2D eigenvalue weighted by atomic mass is 10.1. The van der Waals surface area contributed by atoms with Gasteiger partial charge in [0.15, 0.2) is 0 Å². The Morgan fingerprint density at radius 3 is 2.56 bits per heavy atom. The highest BCUT2D eigenvalue weighted by molar-refractivity contribution is 14.1. The van der Waals surface area contributed by atoms with Crippen molar-refractivity contribution in [2.75, 3.05) is 0 Å².